The minimum Gasteiger partial charge on any atom is -0.387 e. The van der Waals surface area contributed by atoms with Crippen molar-refractivity contribution in [2.24, 2.45) is 0 Å². The first-order valence-electron chi connectivity index (χ1n) is 6.25. The minimum atomic E-state index is -1.32. The molecule has 1 spiro atoms. The van der Waals surface area contributed by atoms with E-state index in [9.17, 15) is 15.0 Å². The third kappa shape index (κ3) is 2.65. The van der Waals surface area contributed by atoms with E-state index in [2.05, 4.69) is 23.7 Å². The lowest BCUT2D eigenvalue weighted by Crippen LogP contribution is -2.47. The van der Waals surface area contributed by atoms with E-state index in [0.717, 1.165) is 12.8 Å². The molecule has 2 rings (SSSR count). The van der Waals surface area contributed by atoms with E-state index in [1.54, 1.807) is 6.92 Å². The first kappa shape index (κ1) is 14.0. The van der Waals surface area contributed by atoms with Crippen LogP contribution in [0.25, 0.3) is 0 Å². The Kier molecular flexibility index (Phi) is 4.24. The lowest BCUT2D eigenvalue weighted by Gasteiger charge is -2.35. The number of Topliss-reactive ketones (excluding diaryl/α,β-unsaturated/α-hetero) is 1. The zero-order valence-electron chi connectivity index (χ0n) is 10.7. The molecule has 0 saturated carbocycles. The van der Waals surface area contributed by atoms with Crippen molar-refractivity contribution in [3.8, 4) is 23.7 Å². The molecule has 5 heteroatoms. The van der Waals surface area contributed by atoms with Gasteiger partial charge in [0.05, 0.1) is 6.61 Å². The molecule has 0 radical (unpaired) electrons. The van der Waals surface area contributed by atoms with Gasteiger partial charge in [-0.1, -0.05) is 5.92 Å². The number of hydrogen-bond donors (Lipinski definition) is 2. The Labute approximate surface area is 111 Å². The van der Waals surface area contributed by atoms with Crippen LogP contribution in [0.3, 0.4) is 0 Å². The van der Waals surface area contributed by atoms with E-state index in [1.165, 1.54) is 0 Å². The Balaban J connectivity index is 2.13. The van der Waals surface area contributed by atoms with Gasteiger partial charge in [0.15, 0.2) is 11.9 Å². The fourth-order valence-corrected chi connectivity index (χ4v) is 2.33. The van der Waals surface area contributed by atoms with E-state index in [0.29, 0.717) is 13.0 Å². The van der Waals surface area contributed by atoms with Crippen molar-refractivity contribution in [1.82, 2.24) is 0 Å². The normalized spacial score (nSPS) is 37.1. The SMILES string of the molecule is CC#CC#CC(=O)[C@H]1O[C@@]2(CCCCO2)[C@H](O)[C@@H]1O. The maximum Gasteiger partial charge on any atom is 0.238 e. The number of rotatable bonds is 1. The van der Waals surface area contributed by atoms with Crippen LogP contribution in [-0.4, -0.2) is 46.7 Å². The summed E-state index contributed by atoms with van der Waals surface area (Å²) in [5.41, 5.74) is 0. The number of aliphatic hydroxyl groups is 2. The molecule has 102 valence electrons. The average molecular weight is 264 g/mol. The molecule has 0 bridgehead atoms. The summed E-state index contributed by atoms with van der Waals surface area (Å²) >= 11 is 0. The van der Waals surface area contributed by atoms with Crippen LogP contribution in [0.5, 0.6) is 0 Å². The van der Waals surface area contributed by atoms with Crippen LogP contribution in [0.1, 0.15) is 26.2 Å². The van der Waals surface area contributed by atoms with E-state index < -0.39 is 29.9 Å². The Morgan fingerprint density at radius 2 is 2.11 bits per heavy atom. The molecule has 2 fully saturated rings. The van der Waals surface area contributed by atoms with Crippen molar-refractivity contribution in [3.63, 3.8) is 0 Å². The summed E-state index contributed by atoms with van der Waals surface area (Å²) in [7, 11) is 0. The van der Waals surface area contributed by atoms with Gasteiger partial charge in [0.25, 0.3) is 0 Å². The first-order valence-corrected chi connectivity index (χ1v) is 6.25. The van der Waals surface area contributed by atoms with Crippen LogP contribution >= 0.6 is 0 Å². The molecule has 0 unspecified atom stereocenters. The number of carbonyl (C=O) groups excluding carboxylic acids is 1. The molecular formula is C14H16O5. The maximum atomic E-state index is 11.8. The molecule has 4 atom stereocenters. The molecular weight excluding hydrogens is 248 g/mol. The highest BCUT2D eigenvalue weighted by Crippen LogP contribution is 2.39. The molecule has 2 N–H and O–H groups in total. The summed E-state index contributed by atoms with van der Waals surface area (Å²) in [6, 6.07) is 0. The van der Waals surface area contributed by atoms with Crippen molar-refractivity contribution < 1.29 is 24.5 Å². The number of aliphatic hydroxyl groups excluding tert-OH is 2. The Morgan fingerprint density at radius 3 is 2.74 bits per heavy atom. The minimum absolute atomic E-state index is 0.442. The predicted octanol–water partition coefficient (Wildman–Crippen LogP) is -0.400. The fourth-order valence-electron chi connectivity index (χ4n) is 2.33. The smallest absolute Gasteiger partial charge is 0.238 e. The molecule has 0 aromatic rings. The van der Waals surface area contributed by atoms with Crippen molar-refractivity contribution in [2.75, 3.05) is 6.61 Å². The first-order chi connectivity index (χ1) is 9.10. The number of ether oxygens (including phenoxy) is 2. The van der Waals surface area contributed by atoms with Gasteiger partial charge in [0.2, 0.25) is 5.78 Å². The van der Waals surface area contributed by atoms with E-state index in [-0.39, 0.29) is 0 Å². The highest BCUT2D eigenvalue weighted by Gasteiger charge is 2.57. The zero-order chi connectivity index (χ0) is 13.9. The number of ketones is 1. The quantitative estimate of drug-likeness (QED) is 0.498. The van der Waals surface area contributed by atoms with Gasteiger partial charge in [-0.2, -0.15) is 0 Å². The van der Waals surface area contributed by atoms with Gasteiger partial charge in [-0.15, -0.1) is 0 Å². The van der Waals surface area contributed by atoms with E-state index >= 15 is 0 Å². The Hall–Kier alpha value is -1.37. The summed E-state index contributed by atoms with van der Waals surface area (Å²) in [5.74, 6) is 7.76. The highest BCUT2D eigenvalue weighted by molar-refractivity contribution is 6.00. The van der Waals surface area contributed by atoms with Crippen LogP contribution in [0, 0.1) is 23.7 Å². The van der Waals surface area contributed by atoms with Gasteiger partial charge in [-0.3, -0.25) is 4.79 Å². The monoisotopic (exact) mass is 264 g/mol. The van der Waals surface area contributed by atoms with Crippen LogP contribution in [0.15, 0.2) is 0 Å². The summed E-state index contributed by atoms with van der Waals surface area (Å²) in [5, 5.41) is 20.0. The second kappa shape index (κ2) is 5.73. The molecule has 0 aliphatic carbocycles. The summed E-state index contributed by atoms with van der Waals surface area (Å²) < 4.78 is 10.9. The van der Waals surface area contributed by atoms with E-state index in [4.69, 9.17) is 9.47 Å². The van der Waals surface area contributed by atoms with Gasteiger partial charge in [0, 0.05) is 6.42 Å². The molecule has 19 heavy (non-hydrogen) atoms. The lowest BCUT2D eigenvalue weighted by molar-refractivity contribution is -0.272. The molecule has 2 saturated heterocycles. The summed E-state index contributed by atoms with van der Waals surface area (Å²) in [4.78, 5) is 11.8. The molecule has 2 aliphatic rings. The third-order valence-electron chi connectivity index (χ3n) is 3.31. The highest BCUT2D eigenvalue weighted by atomic mass is 16.7. The van der Waals surface area contributed by atoms with Gasteiger partial charge >= 0.3 is 0 Å². The average Bonchev–Trinajstić information content (AvgIpc) is 2.66. The number of hydrogen-bond acceptors (Lipinski definition) is 5. The molecule has 0 aromatic heterocycles. The summed E-state index contributed by atoms with van der Waals surface area (Å²) in [6.07, 6.45) is -1.60. The van der Waals surface area contributed by atoms with Crippen molar-refractivity contribution in [2.45, 2.75) is 50.3 Å². The second-order valence-corrected chi connectivity index (χ2v) is 4.58. The second-order valence-electron chi connectivity index (χ2n) is 4.58. The van der Waals surface area contributed by atoms with Crippen LogP contribution < -0.4 is 0 Å². The Bertz CT molecular complexity index is 470. The fraction of sp³-hybridized carbons (Fsp3) is 0.643. The van der Waals surface area contributed by atoms with E-state index in [1.807, 2.05) is 0 Å². The van der Waals surface area contributed by atoms with Gasteiger partial charge in [-0.05, 0) is 37.5 Å². The predicted molar refractivity (Wildman–Crippen MR) is 65.7 cm³/mol. The molecule has 5 nitrogen and oxygen atoms in total. The topological polar surface area (TPSA) is 76.0 Å². The summed E-state index contributed by atoms with van der Waals surface area (Å²) in [6.45, 7) is 2.05. The van der Waals surface area contributed by atoms with Crippen molar-refractivity contribution >= 4 is 5.78 Å². The molecule has 0 amide bonds. The van der Waals surface area contributed by atoms with Gasteiger partial charge < -0.3 is 19.7 Å². The lowest BCUT2D eigenvalue weighted by atomic mass is 9.97. The van der Waals surface area contributed by atoms with Crippen LogP contribution in [-0.2, 0) is 14.3 Å². The van der Waals surface area contributed by atoms with Crippen molar-refractivity contribution in [1.29, 1.82) is 0 Å². The van der Waals surface area contributed by atoms with Gasteiger partial charge in [0.1, 0.15) is 12.2 Å². The Morgan fingerprint density at radius 1 is 1.32 bits per heavy atom. The molecule has 2 heterocycles. The maximum absolute atomic E-state index is 11.8. The van der Waals surface area contributed by atoms with Crippen molar-refractivity contribution in [3.05, 3.63) is 0 Å². The third-order valence-corrected chi connectivity index (χ3v) is 3.31. The van der Waals surface area contributed by atoms with Crippen LogP contribution in [0.2, 0.25) is 0 Å². The molecule has 2 aliphatic heterocycles. The zero-order valence-corrected chi connectivity index (χ0v) is 10.7. The standard InChI is InChI=1S/C14H16O5/c1-2-3-4-7-10(15)12-11(16)13(17)14(19-12)8-5-6-9-18-14/h11-13,16-17H,5-6,8-9H2,1H3/t11-,12-,13-,14+/m1/s1. The van der Waals surface area contributed by atoms with Crippen LogP contribution in [0.4, 0.5) is 0 Å². The largest absolute Gasteiger partial charge is 0.387 e. The number of carbonyl (C=O) groups is 1. The molecule has 0 aromatic carbocycles. The van der Waals surface area contributed by atoms with Gasteiger partial charge in [-0.25, -0.2) is 0 Å².